The minimum atomic E-state index is -0.734. The van der Waals surface area contributed by atoms with E-state index < -0.39 is 6.17 Å². The van der Waals surface area contributed by atoms with E-state index in [-0.39, 0.29) is 17.3 Å². The molecule has 44 heavy (non-hydrogen) atoms. The van der Waals surface area contributed by atoms with Crippen LogP contribution in [-0.4, -0.2) is 42.4 Å². The molecule has 1 aromatic carbocycles. The molecule has 0 amide bonds. The van der Waals surface area contributed by atoms with Crippen LogP contribution in [0.2, 0.25) is 5.02 Å². The molecule has 256 valence electrons. The standard InChI is InChI=1S/C18H31FN2.C13H18ClFO.2C2H6.CH2O2/c1-4-6-7-13-20-14-17(19)9-8-10-18-12-11-16(5-2)15(3)21-18;1-5-10-6-11(16-7-8(2)3)9(4)13(15)12(10)14;2*1-2;2-1-3/h11-12,17,20H,4-10,13-14H2,1-3H3;6,8H,5,7H2,1-4H3;2*1-2H3;1H,(H,2,3). The van der Waals surface area contributed by atoms with E-state index in [0.717, 1.165) is 49.2 Å². The summed E-state index contributed by atoms with van der Waals surface area (Å²) in [5, 5.41) is 10.3. The molecule has 0 spiro atoms. The molecular weight excluding hydrogens is 582 g/mol. The Kier molecular flexibility index (Phi) is 32.3. The van der Waals surface area contributed by atoms with E-state index in [2.05, 4.69) is 57.1 Å². The molecule has 2 aromatic rings. The molecule has 0 aliphatic carbocycles. The molecule has 0 saturated heterocycles. The molecule has 0 saturated carbocycles. The third-order valence-electron chi connectivity index (χ3n) is 6.34. The van der Waals surface area contributed by atoms with Crippen molar-refractivity contribution in [3.8, 4) is 5.75 Å². The Balaban J connectivity index is -0.000000648. The molecule has 2 N–H and O–H groups in total. The average molecular weight is 645 g/mol. The number of pyridine rings is 1. The normalized spacial score (nSPS) is 10.5. The van der Waals surface area contributed by atoms with Gasteiger partial charge in [-0.2, -0.15) is 0 Å². The highest BCUT2D eigenvalue weighted by atomic mass is 35.5. The second kappa shape index (κ2) is 30.8. The van der Waals surface area contributed by atoms with Crippen LogP contribution in [0.15, 0.2) is 18.2 Å². The maximum Gasteiger partial charge on any atom is 0.290 e. The number of nitrogens with one attached hydrogen (secondary N) is 1. The second-order valence-corrected chi connectivity index (χ2v) is 10.6. The zero-order chi connectivity index (χ0) is 34.5. The third kappa shape index (κ3) is 21.5. The van der Waals surface area contributed by atoms with Crippen LogP contribution in [0.3, 0.4) is 0 Å². The lowest BCUT2D eigenvalue weighted by atomic mass is 10.1. The van der Waals surface area contributed by atoms with Gasteiger partial charge in [-0.1, -0.05) is 92.8 Å². The Morgan fingerprint density at radius 2 is 1.61 bits per heavy atom. The van der Waals surface area contributed by atoms with Gasteiger partial charge in [-0.15, -0.1) is 0 Å². The molecule has 5 nitrogen and oxygen atoms in total. The van der Waals surface area contributed by atoms with Crippen LogP contribution < -0.4 is 10.1 Å². The molecule has 8 heteroatoms. The van der Waals surface area contributed by atoms with Gasteiger partial charge in [0.25, 0.3) is 6.47 Å². The van der Waals surface area contributed by atoms with Gasteiger partial charge >= 0.3 is 0 Å². The van der Waals surface area contributed by atoms with Gasteiger partial charge in [0.1, 0.15) is 17.7 Å². The Labute approximate surface area is 273 Å². The van der Waals surface area contributed by atoms with Gasteiger partial charge in [0.2, 0.25) is 0 Å². The van der Waals surface area contributed by atoms with Crippen molar-refractivity contribution in [3.05, 3.63) is 57.1 Å². The van der Waals surface area contributed by atoms with Gasteiger partial charge in [-0.25, -0.2) is 8.78 Å². The number of hydrogen-bond donors (Lipinski definition) is 2. The summed E-state index contributed by atoms with van der Waals surface area (Å²) in [6, 6.07) is 6.07. The fraction of sp³-hybridized carbons (Fsp3) is 0.667. The fourth-order valence-electron chi connectivity index (χ4n) is 3.93. The predicted molar refractivity (Wildman–Crippen MR) is 186 cm³/mol. The summed E-state index contributed by atoms with van der Waals surface area (Å²) in [6.07, 6.45) is 6.95. The summed E-state index contributed by atoms with van der Waals surface area (Å²) < 4.78 is 33.1. The van der Waals surface area contributed by atoms with E-state index in [1.807, 2.05) is 40.7 Å². The number of hydrogen-bond acceptors (Lipinski definition) is 4. The van der Waals surface area contributed by atoms with Gasteiger partial charge < -0.3 is 15.2 Å². The summed E-state index contributed by atoms with van der Waals surface area (Å²) >= 11 is 5.90. The number of benzene rings is 1. The van der Waals surface area contributed by atoms with Crippen LogP contribution >= 0.6 is 11.6 Å². The van der Waals surface area contributed by atoms with Crippen molar-refractivity contribution in [2.75, 3.05) is 19.7 Å². The first-order valence-corrected chi connectivity index (χ1v) is 16.9. The lowest BCUT2D eigenvalue weighted by Crippen LogP contribution is -2.25. The molecule has 1 aromatic heterocycles. The van der Waals surface area contributed by atoms with E-state index in [1.165, 1.54) is 18.4 Å². The number of carboxylic acid groups (broad SMARTS) is 1. The third-order valence-corrected chi connectivity index (χ3v) is 6.75. The number of alkyl halides is 1. The highest BCUT2D eigenvalue weighted by molar-refractivity contribution is 6.31. The molecule has 0 radical (unpaired) electrons. The van der Waals surface area contributed by atoms with Gasteiger partial charge in [0.05, 0.1) is 11.6 Å². The molecule has 2 rings (SSSR count). The molecule has 0 bridgehead atoms. The quantitative estimate of drug-likeness (QED) is 0.149. The first-order valence-electron chi connectivity index (χ1n) is 16.5. The van der Waals surface area contributed by atoms with E-state index >= 15 is 0 Å². The van der Waals surface area contributed by atoms with E-state index in [0.29, 0.717) is 43.2 Å². The maximum atomic E-state index is 13.8. The highest BCUT2D eigenvalue weighted by Gasteiger charge is 2.14. The summed E-state index contributed by atoms with van der Waals surface area (Å²) in [5.41, 5.74) is 4.79. The van der Waals surface area contributed by atoms with Gasteiger partial charge in [-0.05, 0) is 88.1 Å². The number of aromatic nitrogens is 1. The van der Waals surface area contributed by atoms with E-state index in [1.54, 1.807) is 6.92 Å². The van der Waals surface area contributed by atoms with Crippen molar-refractivity contribution in [1.29, 1.82) is 0 Å². The monoisotopic (exact) mass is 644 g/mol. The number of ether oxygens (including phenoxy) is 1. The molecule has 0 aliphatic rings. The van der Waals surface area contributed by atoms with Crippen molar-refractivity contribution < 1.29 is 23.4 Å². The largest absolute Gasteiger partial charge is 0.493 e. The number of unbranched alkanes of at least 4 members (excludes halogenated alkanes) is 2. The van der Waals surface area contributed by atoms with Crippen LogP contribution in [0.1, 0.15) is 122 Å². The number of aryl methyl sites for hydroxylation is 4. The Bertz CT molecular complexity index is 975. The van der Waals surface area contributed by atoms with Crippen molar-refractivity contribution in [2.24, 2.45) is 5.92 Å². The Hall–Kier alpha value is -2.25. The smallest absolute Gasteiger partial charge is 0.290 e. The summed E-state index contributed by atoms with van der Waals surface area (Å²) in [7, 11) is 0. The number of nitrogens with zero attached hydrogens (tertiary/aromatic N) is 1. The first-order chi connectivity index (χ1) is 21.1. The zero-order valence-electron chi connectivity index (χ0n) is 29.6. The Morgan fingerprint density at radius 3 is 2.11 bits per heavy atom. The number of halogens is 3. The zero-order valence-corrected chi connectivity index (χ0v) is 30.3. The van der Waals surface area contributed by atoms with Crippen LogP contribution in [-0.2, 0) is 24.1 Å². The van der Waals surface area contributed by atoms with E-state index in [9.17, 15) is 8.78 Å². The minimum absolute atomic E-state index is 0.219. The molecule has 1 heterocycles. The van der Waals surface area contributed by atoms with Crippen molar-refractivity contribution in [1.82, 2.24) is 10.3 Å². The number of carbonyl (C=O) groups is 1. The van der Waals surface area contributed by atoms with Gasteiger partial charge in [0.15, 0.2) is 0 Å². The summed E-state index contributed by atoms with van der Waals surface area (Å²) in [4.78, 5) is 13.0. The average Bonchev–Trinajstić information content (AvgIpc) is 3.02. The maximum absolute atomic E-state index is 13.8. The summed E-state index contributed by atoms with van der Waals surface area (Å²) in [5.74, 6) is 0.662. The van der Waals surface area contributed by atoms with Crippen LogP contribution in [0, 0.1) is 25.6 Å². The van der Waals surface area contributed by atoms with Gasteiger partial charge in [0, 0.05) is 23.5 Å². The van der Waals surface area contributed by atoms with Gasteiger partial charge in [-0.3, -0.25) is 9.78 Å². The molecule has 1 unspecified atom stereocenters. The number of rotatable bonds is 15. The topological polar surface area (TPSA) is 71.5 Å². The lowest BCUT2D eigenvalue weighted by molar-refractivity contribution is -0.122. The van der Waals surface area contributed by atoms with Crippen molar-refractivity contribution >= 4 is 18.1 Å². The van der Waals surface area contributed by atoms with E-state index in [4.69, 9.17) is 26.2 Å². The van der Waals surface area contributed by atoms with Crippen LogP contribution in [0.25, 0.3) is 0 Å². The molecule has 0 fully saturated rings. The molecule has 1 atom stereocenters. The van der Waals surface area contributed by atoms with Crippen LogP contribution in [0.5, 0.6) is 5.75 Å². The minimum Gasteiger partial charge on any atom is -0.493 e. The molecular formula is C36H63ClF2N2O3. The Morgan fingerprint density at radius 1 is 1.02 bits per heavy atom. The second-order valence-electron chi connectivity index (χ2n) is 10.3. The SMILES string of the molecule is CC.CC.CCCCCNCC(F)CCCc1ccc(CC)c(C)n1.CCc1cc(OCC(C)C)c(C)c(F)c1Cl.O=CO. The van der Waals surface area contributed by atoms with Crippen molar-refractivity contribution in [3.63, 3.8) is 0 Å². The first kappa shape index (κ1) is 46.2. The van der Waals surface area contributed by atoms with Crippen LogP contribution in [0.4, 0.5) is 8.78 Å². The summed E-state index contributed by atoms with van der Waals surface area (Å²) in [6.45, 7) is 23.9. The fourth-order valence-corrected chi connectivity index (χ4v) is 4.26. The molecule has 0 aliphatic heterocycles. The highest BCUT2D eigenvalue weighted by Crippen LogP contribution is 2.31. The predicted octanol–water partition coefficient (Wildman–Crippen LogP) is 10.5. The van der Waals surface area contributed by atoms with Crippen molar-refractivity contribution in [2.45, 2.75) is 134 Å². The lowest BCUT2D eigenvalue weighted by Gasteiger charge is -2.14.